The van der Waals surface area contributed by atoms with Crippen LogP contribution in [0.15, 0.2) is 66.0 Å². The van der Waals surface area contributed by atoms with Crippen molar-refractivity contribution in [1.29, 1.82) is 0 Å². The quantitative estimate of drug-likeness (QED) is 0.388. The van der Waals surface area contributed by atoms with E-state index >= 15 is 0 Å². The molecule has 1 aliphatic rings. The average Bonchev–Trinajstić information content (AvgIpc) is 3.63. The third kappa shape index (κ3) is 5.11. The average molecular weight is 475 g/mol. The van der Waals surface area contributed by atoms with E-state index in [1.165, 1.54) is 12.8 Å². The highest BCUT2D eigenvalue weighted by Gasteiger charge is 2.17. The Morgan fingerprint density at radius 1 is 1.09 bits per heavy atom. The first-order valence-electron chi connectivity index (χ1n) is 11.3. The van der Waals surface area contributed by atoms with Crippen molar-refractivity contribution >= 4 is 34.8 Å². The smallest absolute Gasteiger partial charge is 0.281 e. The van der Waals surface area contributed by atoms with E-state index in [1.807, 2.05) is 60.0 Å². The Morgan fingerprint density at radius 2 is 1.91 bits per heavy atom. The summed E-state index contributed by atoms with van der Waals surface area (Å²) in [5.41, 5.74) is 8.24. The summed E-state index contributed by atoms with van der Waals surface area (Å²) in [4.78, 5) is 20.7. The van der Waals surface area contributed by atoms with E-state index in [1.54, 1.807) is 17.4 Å². The Kier molecular flexibility index (Phi) is 6.55. The molecule has 1 saturated heterocycles. The largest absolute Gasteiger partial charge is 0.492 e. The monoisotopic (exact) mass is 474 g/mol. The molecule has 0 bridgehead atoms. The van der Waals surface area contributed by atoms with Gasteiger partial charge in [-0.25, -0.2) is 0 Å². The molecule has 34 heavy (non-hydrogen) atoms. The van der Waals surface area contributed by atoms with Crippen molar-refractivity contribution in [3.63, 3.8) is 0 Å². The van der Waals surface area contributed by atoms with Crippen molar-refractivity contribution in [2.45, 2.75) is 12.8 Å². The molecule has 0 atom stereocenters. The maximum Gasteiger partial charge on any atom is 0.281 e. The third-order valence-corrected chi connectivity index (χ3v) is 6.64. The Hall–Kier alpha value is -3.69. The van der Waals surface area contributed by atoms with Crippen LogP contribution in [-0.4, -0.2) is 51.8 Å². The van der Waals surface area contributed by atoms with Crippen LogP contribution in [0.3, 0.4) is 0 Å². The molecule has 5 rings (SSSR count). The van der Waals surface area contributed by atoms with Crippen LogP contribution < -0.4 is 15.8 Å². The Balaban J connectivity index is 1.22. The predicted octanol–water partition coefficient (Wildman–Crippen LogP) is 4.50. The summed E-state index contributed by atoms with van der Waals surface area (Å²) in [6, 6.07) is 19.0. The summed E-state index contributed by atoms with van der Waals surface area (Å²) in [5.74, 6) is 0.751. The summed E-state index contributed by atoms with van der Waals surface area (Å²) >= 11 is 1.62. The van der Waals surface area contributed by atoms with Crippen molar-refractivity contribution in [1.82, 2.24) is 19.7 Å². The minimum atomic E-state index is -0.335. The number of benzene rings is 2. The summed E-state index contributed by atoms with van der Waals surface area (Å²) in [6.45, 7) is 3.95. The van der Waals surface area contributed by atoms with Gasteiger partial charge in [0.15, 0.2) is 0 Å². The number of thiophene rings is 1. The second-order valence-electron chi connectivity index (χ2n) is 8.12. The fraction of sp³-hybridized carbons (Fsp3) is 0.240. The molecule has 4 aromatic rings. The summed E-state index contributed by atoms with van der Waals surface area (Å²) in [5, 5.41) is 9.38. The lowest BCUT2D eigenvalue weighted by Crippen LogP contribution is -2.25. The highest BCUT2D eigenvalue weighted by molar-refractivity contribution is 7.13. The van der Waals surface area contributed by atoms with Crippen LogP contribution in [0.5, 0.6) is 5.75 Å². The lowest BCUT2D eigenvalue weighted by atomic mass is 10.1. The predicted molar refractivity (Wildman–Crippen MR) is 135 cm³/mol. The van der Waals surface area contributed by atoms with Gasteiger partial charge in [-0.05, 0) is 79.3 Å². The van der Waals surface area contributed by atoms with Gasteiger partial charge in [0.05, 0.1) is 0 Å². The normalized spacial score (nSPS) is 13.8. The molecule has 9 heteroatoms. The van der Waals surface area contributed by atoms with Crippen LogP contribution in [0.25, 0.3) is 10.4 Å². The van der Waals surface area contributed by atoms with Crippen LogP contribution in [0.2, 0.25) is 0 Å². The van der Waals surface area contributed by atoms with Crippen LogP contribution in [-0.2, 0) is 0 Å². The Morgan fingerprint density at radius 3 is 2.68 bits per heavy atom. The topological polar surface area (TPSA) is 98.3 Å². The summed E-state index contributed by atoms with van der Waals surface area (Å²) < 4.78 is 6.96. The second kappa shape index (κ2) is 10.1. The van der Waals surface area contributed by atoms with E-state index in [-0.39, 0.29) is 17.8 Å². The van der Waals surface area contributed by atoms with Gasteiger partial charge in [-0.3, -0.25) is 9.69 Å². The van der Waals surface area contributed by atoms with E-state index in [0.29, 0.717) is 12.2 Å². The zero-order chi connectivity index (χ0) is 23.3. The maximum atomic E-state index is 13.0. The number of nitrogens with two attached hydrogens (primary N) is 1. The number of likely N-dealkylation sites (tertiary alicyclic amines) is 1. The molecule has 3 heterocycles. The number of carbonyl (C=O) groups is 1. The van der Waals surface area contributed by atoms with Gasteiger partial charge < -0.3 is 15.8 Å². The van der Waals surface area contributed by atoms with Crippen LogP contribution in [0.4, 0.5) is 17.6 Å². The standard InChI is InChI=1S/C25H26N6O2S/c26-24-28-25(27-20-8-10-21(11-9-20)33-15-14-30-12-1-2-13-30)29-31(24)23(32)19-6-3-5-18(17-19)22-7-4-16-34-22/h3-11,16-17H,1-2,12-15H2,(H3,26,27,28,29). The van der Waals surface area contributed by atoms with Crippen molar-refractivity contribution in [2.24, 2.45) is 0 Å². The fourth-order valence-corrected chi connectivity index (χ4v) is 4.68. The lowest BCUT2D eigenvalue weighted by molar-refractivity contribution is 0.0948. The van der Waals surface area contributed by atoms with Crippen LogP contribution >= 0.6 is 11.3 Å². The molecule has 0 saturated carbocycles. The zero-order valence-corrected chi connectivity index (χ0v) is 19.5. The maximum absolute atomic E-state index is 13.0. The van der Waals surface area contributed by atoms with Gasteiger partial charge in [-0.15, -0.1) is 16.4 Å². The molecule has 0 unspecified atom stereocenters. The van der Waals surface area contributed by atoms with E-state index < -0.39 is 0 Å². The Bertz CT molecular complexity index is 1250. The van der Waals surface area contributed by atoms with Crippen molar-refractivity contribution in [3.8, 4) is 16.2 Å². The molecule has 2 aromatic carbocycles. The number of nitrogens with zero attached hydrogens (tertiary/aromatic N) is 4. The van der Waals surface area contributed by atoms with E-state index in [0.717, 1.165) is 46.2 Å². The van der Waals surface area contributed by atoms with E-state index in [9.17, 15) is 4.79 Å². The van der Waals surface area contributed by atoms with Gasteiger partial charge in [0.25, 0.3) is 5.91 Å². The van der Waals surface area contributed by atoms with Gasteiger partial charge in [-0.2, -0.15) is 9.67 Å². The summed E-state index contributed by atoms with van der Waals surface area (Å²) in [7, 11) is 0. The number of hydrogen-bond acceptors (Lipinski definition) is 8. The lowest BCUT2D eigenvalue weighted by Gasteiger charge is -2.15. The van der Waals surface area contributed by atoms with Crippen molar-refractivity contribution < 1.29 is 9.53 Å². The number of aromatic nitrogens is 3. The SMILES string of the molecule is Nc1nc(Nc2ccc(OCCN3CCCC3)cc2)nn1C(=O)c1cccc(-c2cccs2)c1. The zero-order valence-electron chi connectivity index (χ0n) is 18.7. The minimum absolute atomic E-state index is 0.0240. The molecule has 1 aliphatic heterocycles. The number of nitrogen functional groups attached to an aromatic ring is 1. The van der Waals surface area contributed by atoms with Crippen molar-refractivity contribution in [3.05, 3.63) is 71.6 Å². The first-order chi connectivity index (χ1) is 16.7. The van der Waals surface area contributed by atoms with E-state index in [2.05, 4.69) is 20.3 Å². The summed E-state index contributed by atoms with van der Waals surface area (Å²) in [6.07, 6.45) is 2.56. The van der Waals surface area contributed by atoms with Gasteiger partial charge in [-0.1, -0.05) is 18.2 Å². The first-order valence-corrected chi connectivity index (χ1v) is 12.2. The van der Waals surface area contributed by atoms with Gasteiger partial charge in [0.2, 0.25) is 11.9 Å². The van der Waals surface area contributed by atoms with Gasteiger partial charge in [0.1, 0.15) is 12.4 Å². The number of hydrogen-bond donors (Lipinski definition) is 2. The first kappa shape index (κ1) is 22.1. The molecule has 1 fully saturated rings. The molecule has 0 aliphatic carbocycles. The van der Waals surface area contributed by atoms with Crippen LogP contribution in [0, 0.1) is 0 Å². The van der Waals surface area contributed by atoms with E-state index in [4.69, 9.17) is 10.5 Å². The minimum Gasteiger partial charge on any atom is -0.492 e. The highest BCUT2D eigenvalue weighted by Crippen LogP contribution is 2.26. The molecule has 0 spiro atoms. The molecule has 2 aromatic heterocycles. The Labute approximate surface area is 202 Å². The fourth-order valence-electron chi connectivity index (χ4n) is 3.96. The second-order valence-corrected chi connectivity index (χ2v) is 9.06. The van der Waals surface area contributed by atoms with Gasteiger partial charge >= 0.3 is 0 Å². The number of anilines is 3. The third-order valence-electron chi connectivity index (χ3n) is 5.73. The van der Waals surface area contributed by atoms with Crippen molar-refractivity contribution in [2.75, 3.05) is 37.3 Å². The molecule has 0 radical (unpaired) electrons. The molecule has 3 N–H and O–H groups in total. The number of carbonyl (C=O) groups excluding carboxylic acids is 1. The highest BCUT2D eigenvalue weighted by atomic mass is 32.1. The molecule has 0 amide bonds. The molecule has 8 nitrogen and oxygen atoms in total. The van der Waals surface area contributed by atoms with Crippen LogP contribution in [0.1, 0.15) is 23.2 Å². The number of ether oxygens (including phenoxy) is 1. The molecular weight excluding hydrogens is 448 g/mol. The number of rotatable bonds is 8. The molecule has 174 valence electrons. The molecular formula is C25H26N6O2S. The number of nitrogens with one attached hydrogen (secondary N) is 1. The van der Waals surface area contributed by atoms with Gasteiger partial charge in [0, 0.05) is 22.7 Å².